The van der Waals surface area contributed by atoms with E-state index in [9.17, 15) is 4.79 Å². The van der Waals surface area contributed by atoms with Gasteiger partial charge >= 0.3 is 6.03 Å². The van der Waals surface area contributed by atoms with E-state index < -0.39 is 0 Å². The first kappa shape index (κ1) is 18.8. The number of nitrogens with one attached hydrogen (secondary N) is 1. The van der Waals surface area contributed by atoms with E-state index in [-0.39, 0.29) is 6.03 Å². The first-order valence-corrected chi connectivity index (χ1v) is 10.4. The number of carbonyl (C=O) groups is 1. The number of piperazine rings is 1. The van der Waals surface area contributed by atoms with Crippen molar-refractivity contribution in [2.24, 2.45) is 0 Å². The van der Waals surface area contributed by atoms with Crippen molar-refractivity contribution in [2.45, 2.75) is 26.3 Å². The summed E-state index contributed by atoms with van der Waals surface area (Å²) in [7, 11) is 0. The summed E-state index contributed by atoms with van der Waals surface area (Å²) < 4.78 is 0. The van der Waals surface area contributed by atoms with Crippen molar-refractivity contribution in [1.82, 2.24) is 9.80 Å². The Morgan fingerprint density at radius 3 is 2.32 bits per heavy atom. The van der Waals surface area contributed by atoms with Crippen molar-refractivity contribution < 1.29 is 4.79 Å². The average Bonchev–Trinajstić information content (AvgIpc) is 3.24. The highest BCUT2D eigenvalue weighted by atomic mass is 16.2. The highest BCUT2D eigenvalue weighted by Crippen LogP contribution is 2.22. The highest BCUT2D eigenvalue weighted by Gasteiger charge is 2.21. The molecule has 0 unspecified atom stereocenters. The third kappa shape index (κ3) is 4.65. The van der Waals surface area contributed by atoms with Crippen LogP contribution in [0.4, 0.5) is 16.2 Å². The minimum Gasteiger partial charge on any atom is -0.372 e. The Bertz CT molecular complexity index is 791. The Morgan fingerprint density at radius 1 is 0.929 bits per heavy atom. The van der Waals surface area contributed by atoms with Gasteiger partial charge in [-0.1, -0.05) is 29.8 Å². The maximum atomic E-state index is 12.6. The molecule has 2 aliphatic heterocycles. The van der Waals surface area contributed by atoms with Gasteiger partial charge in [0, 0.05) is 57.2 Å². The van der Waals surface area contributed by atoms with Gasteiger partial charge in [0.1, 0.15) is 0 Å². The molecule has 0 aromatic heterocycles. The second-order valence-corrected chi connectivity index (χ2v) is 7.92. The zero-order valence-corrected chi connectivity index (χ0v) is 16.7. The van der Waals surface area contributed by atoms with Crippen LogP contribution in [-0.4, -0.2) is 55.1 Å². The fourth-order valence-electron chi connectivity index (χ4n) is 4.11. The zero-order valence-electron chi connectivity index (χ0n) is 16.7. The van der Waals surface area contributed by atoms with Crippen molar-refractivity contribution in [3.8, 4) is 0 Å². The zero-order chi connectivity index (χ0) is 19.3. The molecule has 0 saturated carbocycles. The first-order chi connectivity index (χ1) is 13.7. The average molecular weight is 379 g/mol. The van der Waals surface area contributed by atoms with Crippen LogP contribution < -0.4 is 10.2 Å². The van der Waals surface area contributed by atoms with Crippen LogP contribution in [0.5, 0.6) is 0 Å². The van der Waals surface area contributed by atoms with E-state index in [1.54, 1.807) is 0 Å². The molecule has 5 heteroatoms. The van der Waals surface area contributed by atoms with Gasteiger partial charge < -0.3 is 15.1 Å². The van der Waals surface area contributed by atoms with E-state index >= 15 is 0 Å². The fourth-order valence-corrected chi connectivity index (χ4v) is 4.11. The maximum Gasteiger partial charge on any atom is 0.321 e. The molecule has 0 bridgehead atoms. The van der Waals surface area contributed by atoms with Crippen LogP contribution in [0.2, 0.25) is 0 Å². The van der Waals surface area contributed by atoms with Crippen molar-refractivity contribution in [2.75, 3.05) is 49.5 Å². The molecule has 2 heterocycles. The second-order valence-electron chi connectivity index (χ2n) is 7.92. The summed E-state index contributed by atoms with van der Waals surface area (Å²) in [6.07, 6.45) is 2.54. The SMILES string of the molecule is Cc1cccc(CN2CCN(C(=O)Nc3ccc(N4CCCC4)cc3)CC2)c1. The lowest BCUT2D eigenvalue weighted by Crippen LogP contribution is -2.49. The summed E-state index contributed by atoms with van der Waals surface area (Å²) >= 11 is 0. The summed E-state index contributed by atoms with van der Waals surface area (Å²) in [6.45, 7) is 8.72. The van der Waals surface area contributed by atoms with E-state index in [2.05, 4.69) is 58.4 Å². The number of amides is 2. The van der Waals surface area contributed by atoms with Gasteiger partial charge in [0.05, 0.1) is 0 Å². The van der Waals surface area contributed by atoms with Crippen LogP contribution in [0.1, 0.15) is 24.0 Å². The Labute approximate surface area is 167 Å². The number of benzene rings is 2. The van der Waals surface area contributed by atoms with Gasteiger partial charge in [-0.2, -0.15) is 0 Å². The molecule has 0 atom stereocenters. The quantitative estimate of drug-likeness (QED) is 0.876. The van der Waals surface area contributed by atoms with Gasteiger partial charge in [-0.3, -0.25) is 4.90 Å². The Balaban J connectivity index is 1.25. The topological polar surface area (TPSA) is 38.8 Å². The van der Waals surface area contributed by atoms with Crippen LogP contribution in [0.25, 0.3) is 0 Å². The molecule has 1 N–H and O–H groups in total. The Kier molecular flexibility index (Phi) is 5.81. The molecule has 2 fully saturated rings. The van der Waals surface area contributed by atoms with Crippen LogP contribution in [-0.2, 0) is 6.54 Å². The Morgan fingerprint density at radius 2 is 1.64 bits per heavy atom. The van der Waals surface area contributed by atoms with Crippen LogP contribution in [0.3, 0.4) is 0 Å². The van der Waals surface area contributed by atoms with E-state index in [0.29, 0.717) is 0 Å². The number of hydrogen-bond acceptors (Lipinski definition) is 3. The maximum absolute atomic E-state index is 12.6. The lowest BCUT2D eigenvalue weighted by molar-refractivity contribution is 0.143. The molecular formula is C23H30N4O. The van der Waals surface area contributed by atoms with Gasteiger partial charge in [-0.15, -0.1) is 0 Å². The van der Waals surface area contributed by atoms with Crippen molar-refractivity contribution >= 4 is 17.4 Å². The van der Waals surface area contributed by atoms with Crippen molar-refractivity contribution in [1.29, 1.82) is 0 Å². The third-order valence-electron chi connectivity index (χ3n) is 5.74. The number of carbonyl (C=O) groups excluding carboxylic acids is 1. The molecule has 2 amide bonds. The number of anilines is 2. The summed E-state index contributed by atoms with van der Waals surface area (Å²) in [5.74, 6) is 0. The molecule has 0 aliphatic carbocycles. The molecule has 5 nitrogen and oxygen atoms in total. The standard InChI is InChI=1S/C23H30N4O/c1-19-5-4-6-20(17-19)18-25-13-15-27(16-14-25)23(28)24-21-7-9-22(10-8-21)26-11-2-3-12-26/h4-10,17H,2-3,11-16,18H2,1H3,(H,24,28). The monoisotopic (exact) mass is 378 g/mol. The lowest BCUT2D eigenvalue weighted by Gasteiger charge is -2.34. The van der Waals surface area contributed by atoms with Crippen LogP contribution >= 0.6 is 0 Å². The third-order valence-corrected chi connectivity index (χ3v) is 5.74. The van der Waals surface area contributed by atoms with E-state index in [4.69, 9.17) is 0 Å². The summed E-state index contributed by atoms with van der Waals surface area (Å²) in [5.41, 5.74) is 4.76. The number of aryl methyl sites for hydroxylation is 1. The molecule has 2 aliphatic rings. The van der Waals surface area contributed by atoms with Gasteiger partial charge in [-0.25, -0.2) is 4.79 Å². The smallest absolute Gasteiger partial charge is 0.321 e. The fraction of sp³-hybridized carbons (Fsp3) is 0.435. The second kappa shape index (κ2) is 8.65. The number of rotatable bonds is 4. The van der Waals surface area contributed by atoms with Crippen molar-refractivity contribution in [3.05, 3.63) is 59.7 Å². The molecular weight excluding hydrogens is 348 g/mol. The first-order valence-electron chi connectivity index (χ1n) is 10.4. The molecule has 0 radical (unpaired) electrons. The van der Waals surface area contributed by atoms with Crippen molar-refractivity contribution in [3.63, 3.8) is 0 Å². The number of nitrogens with zero attached hydrogens (tertiary/aromatic N) is 3. The van der Waals surface area contributed by atoms with E-state index in [0.717, 1.165) is 51.5 Å². The minimum absolute atomic E-state index is 0.00382. The van der Waals surface area contributed by atoms with E-state index in [1.807, 2.05) is 17.0 Å². The molecule has 4 rings (SSSR count). The molecule has 2 aromatic carbocycles. The molecule has 2 saturated heterocycles. The highest BCUT2D eigenvalue weighted by molar-refractivity contribution is 5.89. The predicted molar refractivity (Wildman–Crippen MR) is 115 cm³/mol. The van der Waals surface area contributed by atoms with Gasteiger partial charge in [0.2, 0.25) is 0 Å². The number of urea groups is 1. The van der Waals surface area contributed by atoms with Gasteiger partial charge in [0.15, 0.2) is 0 Å². The summed E-state index contributed by atoms with van der Waals surface area (Å²) in [4.78, 5) is 19.3. The molecule has 28 heavy (non-hydrogen) atoms. The largest absolute Gasteiger partial charge is 0.372 e. The molecule has 2 aromatic rings. The van der Waals surface area contributed by atoms with Crippen LogP contribution in [0, 0.1) is 6.92 Å². The lowest BCUT2D eigenvalue weighted by atomic mass is 10.1. The van der Waals surface area contributed by atoms with Crippen LogP contribution in [0.15, 0.2) is 48.5 Å². The molecule has 0 spiro atoms. The summed E-state index contributed by atoms with van der Waals surface area (Å²) in [6, 6.07) is 16.9. The van der Waals surface area contributed by atoms with Gasteiger partial charge in [0.25, 0.3) is 0 Å². The number of hydrogen-bond donors (Lipinski definition) is 1. The predicted octanol–water partition coefficient (Wildman–Crippen LogP) is 3.94. The molecule has 148 valence electrons. The van der Waals surface area contributed by atoms with Gasteiger partial charge in [-0.05, 0) is 49.6 Å². The summed E-state index contributed by atoms with van der Waals surface area (Å²) in [5, 5.41) is 3.05. The Hall–Kier alpha value is -2.53. The normalized spacial score (nSPS) is 17.8. The minimum atomic E-state index is 0.00382. The van der Waals surface area contributed by atoms with E-state index in [1.165, 1.54) is 29.7 Å².